The molecule has 0 unspecified atom stereocenters. The average molecular weight is 1010 g/mol. The summed E-state index contributed by atoms with van der Waals surface area (Å²) in [5.41, 5.74) is 14.4. The summed E-state index contributed by atoms with van der Waals surface area (Å²) in [6, 6.07) is 95.0. The third kappa shape index (κ3) is 8.02. The second kappa shape index (κ2) is 19.3. The van der Waals surface area contributed by atoms with Crippen molar-refractivity contribution in [2.45, 2.75) is 0 Å². The Bertz CT molecular complexity index is 5210. The molecule has 0 spiro atoms. The van der Waals surface area contributed by atoms with Crippen LogP contribution in [0.25, 0.3) is 153 Å². The van der Waals surface area contributed by atoms with Gasteiger partial charge in [-0.15, -0.1) is 0 Å². The van der Waals surface area contributed by atoms with E-state index in [1.54, 1.807) is 0 Å². The van der Waals surface area contributed by atoms with Crippen LogP contribution in [0.1, 0.15) is 6.85 Å². The van der Waals surface area contributed by atoms with Gasteiger partial charge in [-0.05, 0) is 162 Å². The maximum atomic E-state index is 8.45. The van der Waals surface area contributed by atoms with E-state index in [2.05, 4.69) is 243 Å². The first kappa shape index (κ1) is 40.9. The van der Waals surface area contributed by atoms with Gasteiger partial charge in [-0.3, -0.25) is 0 Å². The molecular formula is C78H50O. The van der Waals surface area contributed by atoms with E-state index in [4.69, 9.17) is 11.3 Å². The van der Waals surface area contributed by atoms with Crippen LogP contribution in [0.3, 0.4) is 0 Å². The second-order valence-corrected chi connectivity index (χ2v) is 20.2. The molecule has 0 fully saturated rings. The lowest BCUT2D eigenvalue weighted by molar-refractivity contribution is 0.669. The van der Waals surface area contributed by atoms with Gasteiger partial charge in [0, 0.05) is 10.8 Å². The first-order chi connectivity index (χ1) is 41.3. The quantitative estimate of drug-likeness (QED) is 0.151. The molecule has 0 aliphatic rings. The van der Waals surface area contributed by atoms with Crippen LogP contribution in [-0.2, 0) is 0 Å². The standard InChI is InChI=1S/C42H26O.C36H24/c1-2-10-27(11-3-1)28-18-20-29(21-19-28)41-33-14-6-8-16-35(33)42(36-17-9-7-15-34(36)41)32-22-23-39-37(25-32)38-24-30-12-4-5-13-31(30)26-40(38)43-39;1-3-13-26(14-4-1)35-31-19-9-10-20-32(31)36(27-15-5-2-6-16-27)34-24-28(22-23-33(34)35)30-21-11-17-25-12-7-8-18-29(25)30/h1-26H;1-24H/i1D,2D,3D,10D,11D;. The van der Waals surface area contributed by atoms with Crippen molar-refractivity contribution in [3.63, 3.8) is 0 Å². The van der Waals surface area contributed by atoms with Crippen LogP contribution < -0.4 is 0 Å². The zero-order valence-electron chi connectivity index (χ0n) is 47.9. The van der Waals surface area contributed by atoms with Crippen LogP contribution in [-0.4, -0.2) is 0 Å². The predicted octanol–water partition coefficient (Wildman–Crippen LogP) is 22.2. The molecular weight excluding hydrogens is 953 g/mol. The monoisotopic (exact) mass is 1010 g/mol. The Morgan fingerprint density at radius 3 is 1.22 bits per heavy atom. The third-order valence-electron chi connectivity index (χ3n) is 15.8. The number of hydrogen-bond donors (Lipinski definition) is 0. The Hall–Kier alpha value is -10.3. The molecule has 1 heteroatoms. The topological polar surface area (TPSA) is 13.1 Å². The van der Waals surface area contributed by atoms with E-state index in [-0.39, 0.29) is 29.7 Å². The molecule has 79 heavy (non-hydrogen) atoms. The molecule has 16 rings (SSSR count). The number of rotatable bonds is 6. The number of benzene rings is 15. The Morgan fingerprint density at radius 1 is 0.215 bits per heavy atom. The van der Waals surface area contributed by atoms with E-state index in [0.717, 1.165) is 71.1 Å². The molecule has 0 atom stereocenters. The van der Waals surface area contributed by atoms with E-state index in [1.165, 1.54) is 71.1 Å². The summed E-state index contributed by atoms with van der Waals surface area (Å²) in [5.74, 6) is 0. The molecule has 0 saturated heterocycles. The van der Waals surface area contributed by atoms with Gasteiger partial charge in [0.1, 0.15) is 11.2 Å². The van der Waals surface area contributed by atoms with Crippen LogP contribution in [0.2, 0.25) is 0 Å². The number of fused-ring (bicyclic) bond motifs is 9. The summed E-state index contributed by atoms with van der Waals surface area (Å²) in [4.78, 5) is 0. The summed E-state index contributed by atoms with van der Waals surface area (Å²) in [7, 11) is 0. The summed E-state index contributed by atoms with van der Waals surface area (Å²) in [6.07, 6.45) is 0. The molecule has 0 bridgehead atoms. The van der Waals surface area contributed by atoms with E-state index in [0.29, 0.717) is 5.56 Å². The van der Waals surface area contributed by atoms with Gasteiger partial charge in [0.15, 0.2) is 0 Å². The smallest absolute Gasteiger partial charge is 0.136 e. The molecule has 368 valence electrons. The Labute approximate surface area is 465 Å². The van der Waals surface area contributed by atoms with Crippen molar-refractivity contribution in [2.75, 3.05) is 0 Å². The van der Waals surface area contributed by atoms with Gasteiger partial charge < -0.3 is 4.42 Å². The third-order valence-corrected chi connectivity index (χ3v) is 15.8. The van der Waals surface area contributed by atoms with Crippen LogP contribution in [0.4, 0.5) is 0 Å². The second-order valence-electron chi connectivity index (χ2n) is 20.2. The molecule has 1 aromatic heterocycles. The predicted molar refractivity (Wildman–Crippen MR) is 338 cm³/mol. The van der Waals surface area contributed by atoms with Crippen molar-refractivity contribution in [3.05, 3.63) is 303 Å². The van der Waals surface area contributed by atoms with Gasteiger partial charge in [-0.1, -0.05) is 273 Å². The summed E-state index contributed by atoms with van der Waals surface area (Å²) in [6.45, 7) is 0. The Balaban J connectivity index is 0.000000149. The summed E-state index contributed by atoms with van der Waals surface area (Å²) >= 11 is 0. The first-order valence-corrected chi connectivity index (χ1v) is 26.8. The summed E-state index contributed by atoms with van der Waals surface area (Å²) in [5, 5.41) is 16.6. The van der Waals surface area contributed by atoms with E-state index < -0.39 is 6.04 Å². The molecule has 16 aromatic rings. The highest BCUT2D eigenvalue weighted by molar-refractivity contribution is 6.24. The molecule has 1 nitrogen and oxygen atoms in total. The normalized spacial score (nSPS) is 12.4. The summed E-state index contributed by atoms with van der Waals surface area (Å²) < 4.78 is 47.5. The molecule has 0 amide bonds. The fourth-order valence-corrected chi connectivity index (χ4v) is 12.2. The van der Waals surface area contributed by atoms with Gasteiger partial charge in [0.25, 0.3) is 0 Å². The van der Waals surface area contributed by atoms with Gasteiger partial charge in [-0.2, -0.15) is 0 Å². The lowest BCUT2D eigenvalue weighted by Crippen LogP contribution is -1.91. The highest BCUT2D eigenvalue weighted by Gasteiger charge is 2.20. The van der Waals surface area contributed by atoms with Crippen molar-refractivity contribution in [2.24, 2.45) is 0 Å². The Kier molecular flexibility index (Phi) is 10.0. The molecule has 0 aliphatic heterocycles. The van der Waals surface area contributed by atoms with Crippen LogP contribution >= 0.6 is 0 Å². The first-order valence-electron chi connectivity index (χ1n) is 29.3. The van der Waals surface area contributed by atoms with Crippen molar-refractivity contribution in [1.82, 2.24) is 0 Å². The van der Waals surface area contributed by atoms with Crippen LogP contribution in [0, 0.1) is 0 Å². The van der Waals surface area contributed by atoms with E-state index >= 15 is 0 Å². The molecule has 0 radical (unpaired) electrons. The van der Waals surface area contributed by atoms with Crippen molar-refractivity contribution < 1.29 is 11.3 Å². The molecule has 1 heterocycles. The highest BCUT2D eigenvalue weighted by Crippen LogP contribution is 2.47. The number of furan rings is 1. The highest BCUT2D eigenvalue weighted by atomic mass is 16.3. The maximum Gasteiger partial charge on any atom is 0.136 e. The molecule has 0 aliphatic carbocycles. The van der Waals surface area contributed by atoms with Crippen molar-refractivity contribution in [3.8, 4) is 66.8 Å². The fraction of sp³-hybridized carbons (Fsp3) is 0. The van der Waals surface area contributed by atoms with E-state index in [9.17, 15) is 0 Å². The van der Waals surface area contributed by atoms with Gasteiger partial charge in [0.2, 0.25) is 0 Å². The number of hydrogen-bond acceptors (Lipinski definition) is 1. The average Bonchev–Trinajstić information content (AvgIpc) is 1.33. The lowest BCUT2D eigenvalue weighted by atomic mass is 9.84. The van der Waals surface area contributed by atoms with E-state index in [1.807, 2.05) is 30.3 Å². The maximum absolute atomic E-state index is 8.45. The largest absolute Gasteiger partial charge is 0.456 e. The lowest BCUT2D eigenvalue weighted by Gasteiger charge is -2.19. The molecule has 0 N–H and O–H groups in total. The molecule has 15 aromatic carbocycles. The zero-order valence-corrected chi connectivity index (χ0v) is 42.9. The van der Waals surface area contributed by atoms with Crippen LogP contribution in [0.5, 0.6) is 0 Å². The van der Waals surface area contributed by atoms with Crippen molar-refractivity contribution in [1.29, 1.82) is 0 Å². The SMILES string of the molecule is [2H]c1c([2H])c([2H])c(-c2ccc(-c3c4ccccc4c(-c4ccc5oc6cc7ccccc7cc6c5c4)c4ccccc34)cc2)c([2H])c1[2H].c1ccc(-c2c3ccccc3c(-c3ccccc3)c3cc(-c4cccc5ccccc45)ccc23)cc1. The molecule has 0 saturated carbocycles. The van der Waals surface area contributed by atoms with Crippen LogP contribution in [0.15, 0.2) is 308 Å². The Morgan fingerprint density at radius 2 is 0.620 bits per heavy atom. The zero-order chi connectivity index (χ0) is 56.6. The van der Waals surface area contributed by atoms with Crippen molar-refractivity contribution >= 4 is 86.6 Å². The van der Waals surface area contributed by atoms with Gasteiger partial charge in [0.05, 0.1) is 6.85 Å². The fourth-order valence-electron chi connectivity index (χ4n) is 12.2. The minimum atomic E-state index is -0.392. The van der Waals surface area contributed by atoms with Gasteiger partial charge in [-0.25, -0.2) is 0 Å². The minimum absolute atomic E-state index is 0.202. The minimum Gasteiger partial charge on any atom is -0.456 e. The van der Waals surface area contributed by atoms with Gasteiger partial charge >= 0.3 is 0 Å².